The third-order valence-electron chi connectivity index (χ3n) is 8.80. The fraction of sp³-hybridized carbons (Fsp3) is 0.273. The standard InChI is InChI=1S/C22H22BrCl.C22H21Cl/c1-22(2,3)14-15-8-9-18(20(23)10-15)12-19-11-16-6-4-5-7-17(16)13-21(19)24;1-22(2,3)13-14-8-9-16-11-19-20(23)12-15-6-4-5-7-17(15)21(19)18(16)10-14/h4-11,13H,12,14H2,1-3H3;4-10,12H,11,13H2,1-3H3. The summed E-state index contributed by atoms with van der Waals surface area (Å²) in [6.45, 7) is 13.7. The lowest BCUT2D eigenvalue weighted by atomic mass is 9.86. The van der Waals surface area contributed by atoms with Crippen LogP contribution in [0.3, 0.4) is 0 Å². The minimum absolute atomic E-state index is 0.294. The van der Waals surface area contributed by atoms with Crippen molar-refractivity contribution in [1.82, 2.24) is 0 Å². The van der Waals surface area contributed by atoms with E-state index in [2.05, 4.69) is 155 Å². The SMILES string of the molecule is CC(C)(C)Cc1ccc(Cc2cc3ccccc3cc2Cl)c(Br)c1.CC(C)(C)Cc1ccc2c(c1)-c1c(c(Cl)cc3ccccc13)C2. The summed E-state index contributed by atoms with van der Waals surface area (Å²) in [5.41, 5.74) is 11.2. The van der Waals surface area contributed by atoms with Crippen molar-refractivity contribution in [3.05, 3.63) is 151 Å². The number of fused-ring (bicyclic) bond motifs is 6. The maximum Gasteiger partial charge on any atom is 0.0453 e. The van der Waals surface area contributed by atoms with Gasteiger partial charge in [-0.15, -0.1) is 0 Å². The first-order chi connectivity index (χ1) is 22.2. The molecule has 1 aliphatic carbocycles. The average Bonchev–Trinajstić information content (AvgIpc) is 3.37. The molecule has 0 amide bonds. The largest absolute Gasteiger partial charge is 0.0840 e. The quantitative estimate of drug-likeness (QED) is 0.170. The van der Waals surface area contributed by atoms with Gasteiger partial charge in [-0.05, 0) is 114 Å². The van der Waals surface area contributed by atoms with E-state index in [0.29, 0.717) is 10.8 Å². The monoisotopic (exact) mass is 720 g/mol. The van der Waals surface area contributed by atoms with Crippen LogP contribution in [0.5, 0.6) is 0 Å². The fourth-order valence-electron chi connectivity index (χ4n) is 6.82. The van der Waals surface area contributed by atoms with Crippen LogP contribution >= 0.6 is 39.1 Å². The number of hydrogen-bond acceptors (Lipinski definition) is 0. The molecule has 3 heteroatoms. The lowest BCUT2D eigenvalue weighted by molar-refractivity contribution is 0.411. The van der Waals surface area contributed by atoms with E-state index in [1.54, 1.807) is 0 Å². The molecule has 0 saturated heterocycles. The third kappa shape index (κ3) is 7.97. The second-order valence-corrected chi connectivity index (χ2v) is 17.1. The van der Waals surface area contributed by atoms with Crippen LogP contribution in [0.4, 0.5) is 0 Å². The highest BCUT2D eigenvalue weighted by atomic mass is 79.9. The van der Waals surface area contributed by atoms with E-state index in [4.69, 9.17) is 23.2 Å². The smallest absolute Gasteiger partial charge is 0.0453 e. The Morgan fingerprint density at radius 1 is 0.596 bits per heavy atom. The van der Waals surface area contributed by atoms with Gasteiger partial charge in [0.15, 0.2) is 0 Å². The molecule has 0 bridgehead atoms. The van der Waals surface area contributed by atoms with Crippen LogP contribution in [-0.4, -0.2) is 0 Å². The molecule has 0 unspecified atom stereocenters. The zero-order chi connectivity index (χ0) is 33.5. The minimum atomic E-state index is 0.294. The summed E-state index contributed by atoms with van der Waals surface area (Å²) in [4.78, 5) is 0. The highest BCUT2D eigenvalue weighted by molar-refractivity contribution is 9.10. The summed E-state index contributed by atoms with van der Waals surface area (Å²) in [6.07, 6.45) is 3.95. The first kappa shape index (κ1) is 33.8. The van der Waals surface area contributed by atoms with Gasteiger partial charge in [0.25, 0.3) is 0 Å². The van der Waals surface area contributed by atoms with Gasteiger partial charge in [0, 0.05) is 27.4 Å². The molecule has 6 aromatic rings. The van der Waals surface area contributed by atoms with Crippen molar-refractivity contribution < 1.29 is 0 Å². The molecule has 1 aliphatic rings. The van der Waals surface area contributed by atoms with Crippen LogP contribution in [0.1, 0.15) is 74.9 Å². The van der Waals surface area contributed by atoms with Crippen molar-refractivity contribution in [3.8, 4) is 11.1 Å². The molecule has 7 rings (SSSR count). The van der Waals surface area contributed by atoms with Crippen molar-refractivity contribution in [2.24, 2.45) is 10.8 Å². The number of benzene rings is 6. The Kier molecular flexibility index (Phi) is 9.65. The van der Waals surface area contributed by atoms with E-state index in [-0.39, 0.29) is 0 Å². The fourth-order valence-corrected chi connectivity index (χ4v) is 7.90. The topological polar surface area (TPSA) is 0 Å². The van der Waals surface area contributed by atoms with Crippen LogP contribution in [0.2, 0.25) is 10.0 Å². The lowest BCUT2D eigenvalue weighted by Gasteiger charge is -2.19. The summed E-state index contributed by atoms with van der Waals surface area (Å²) in [6, 6.07) is 37.0. The zero-order valence-electron chi connectivity index (χ0n) is 28.3. The molecule has 240 valence electrons. The molecule has 0 atom stereocenters. The maximum absolute atomic E-state index is 6.58. The van der Waals surface area contributed by atoms with Crippen molar-refractivity contribution in [1.29, 1.82) is 0 Å². The summed E-state index contributed by atoms with van der Waals surface area (Å²) in [7, 11) is 0. The van der Waals surface area contributed by atoms with Gasteiger partial charge in [0.2, 0.25) is 0 Å². The van der Waals surface area contributed by atoms with Gasteiger partial charge in [-0.25, -0.2) is 0 Å². The summed E-state index contributed by atoms with van der Waals surface area (Å²) in [5.74, 6) is 0. The van der Waals surface area contributed by atoms with Gasteiger partial charge in [-0.2, -0.15) is 0 Å². The van der Waals surface area contributed by atoms with E-state index < -0.39 is 0 Å². The molecule has 0 fully saturated rings. The summed E-state index contributed by atoms with van der Waals surface area (Å²) >= 11 is 16.8. The van der Waals surface area contributed by atoms with Crippen LogP contribution in [0.25, 0.3) is 32.7 Å². The van der Waals surface area contributed by atoms with E-state index in [1.807, 2.05) is 6.07 Å². The normalized spacial score (nSPS) is 12.5. The third-order valence-corrected chi connectivity index (χ3v) is 10.2. The molecule has 0 nitrogen and oxygen atoms in total. The predicted molar refractivity (Wildman–Crippen MR) is 209 cm³/mol. The Hall–Kier alpha value is -3.10. The van der Waals surface area contributed by atoms with E-state index in [0.717, 1.165) is 40.2 Å². The van der Waals surface area contributed by atoms with E-state index >= 15 is 0 Å². The Labute approximate surface area is 299 Å². The molecule has 0 aromatic heterocycles. The van der Waals surface area contributed by atoms with Gasteiger partial charge in [-0.3, -0.25) is 0 Å². The molecule has 47 heavy (non-hydrogen) atoms. The summed E-state index contributed by atoms with van der Waals surface area (Å²) < 4.78 is 1.16. The van der Waals surface area contributed by atoms with E-state index in [9.17, 15) is 0 Å². The van der Waals surface area contributed by atoms with Crippen molar-refractivity contribution >= 4 is 60.7 Å². The van der Waals surface area contributed by atoms with Gasteiger partial charge in [-0.1, -0.05) is 160 Å². The average molecular weight is 723 g/mol. The predicted octanol–water partition coefficient (Wildman–Crippen LogP) is 14.1. The van der Waals surface area contributed by atoms with Crippen LogP contribution in [-0.2, 0) is 25.7 Å². The molecule has 6 aromatic carbocycles. The van der Waals surface area contributed by atoms with Crippen LogP contribution in [0.15, 0.2) is 108 Å². The lowest BCUT2D eigenvalue weighted by Crippen LogP contribution is -2.09. The molecule has 0 aliphatic heterocycles. The van der Waals surface area contributed by atoms with Gasteiger partial charge in [0.05, 0.1) is 0 Å². The molecule has 0 spiro atoms. The molecular weight excluding hydrogens is 679 g/mol. The molecule has 0 saturated carbocycles. The second kappa shape index (κ2) is 13.4. The van der Waals surface area contributed by atoms with Crippen LogP contribution in [0, 0.1) is 10.8 Å². The summed E-state index contributed by atoms with van der Waals surface area (Å²) in [5, 5.41) is 6.69. The van der Waals surface area contributed by atoms with Gasteiger partial charge in [0.1, 0.15) is 0 Å². The highest BCUT2D eigenvalue weighted by Crippen LogP contribution is 2.45. The molecular formula is C44H43BrCl2. The van der Waals surface area contributed by atoms with Crippen molar-refractivity contribution in [2.75, 3.05) is 0 Å². The minimum Gasteiger partial charge on any atom is -0.0840 e. The molecule has 0 radical (unpaired) electrons. The number of hydrogen-bond donors (Lipinski definition) is 0. The Balaban J connectivity index is 0.000000164. The number of rotatable bonds is 4. The van der Waals surface area contributed by atoms with Gasteiger partial charge >= 0.3 is 0 Å². The van der Waals surface area contributed by atoms with Crippen LogP contribution < -0.4 is 0 Å². The zero-order valence-corrected chi connectivity index (χ0v) is 31.4. The number of halogens is 3. The Morgan fingerprint density at radius 3 is 1.83 bits per heavy atom. The van der Waals surface area contributed by atoms with Crippen molar-refractivity contribution in [3.63, 3.8) is 0 Å². The first-order valence-electron chi connectivity index (χ1n) is 16.5. The van der Waals surface area contributed by atoms with Crippen molar-refractivity contribution in [2.45, 2.75) is 67.2 Å². The Morgan fingerprint density at radius 2 is 1.17 bits per heavy atom. The highest BCUT2D eigenvalue weighted by Gasteiger charge is 2.24. The van der Waals surface area contributed by atoms with Gasteiger partial charge < -0.3 is 0 Å². The van der Waals surface area contributed by atoms with E-state index in [1.165, 1.54) is 66.1 Å². The second-order valence-electron chi connectivity index (χ2n) is 15.5. The Bertz CT molecular complexity index is 2090. The first-order valence-corrected chi connectivity index (χ1v) is 18.1. The molecule has 0 heterocycles. The maximum atomic E-state index is 6.58. The molecule has 0 N–H and O–H groups in total.